The topological polar surface area (TPSA) is 77.1 Å². The van der Waals surface area contributed by atoms with E-state index in [4.69, 9.17) is 9.47 Å². The third kappa shape index (κ3) is 3.81. The number of aromatic amines is 1. The first-order chi connectivity index (χ1) is 9.90. The minimum atomic E-state index is -0.490. The van der Waals surface area contributed by atoms with E-state index in [2.05, 4.69) is 15.4 Å². The van der Waals surface area contributed by atoms with E-state index in [1.807, 2.05) is 45.0 Å². The second-order valence-corrected chi connectivity index (χ2v) is 5.48. The number of esters is 1. The molecule has 0 aliphatic heterocycles. The Bertz CT molecular complexity index is 612. The van der Waals surface area contributed by atoms with Crippen LogP contribution >= 0.6 is 0 Å². The van der Waals surface area contributed by atoms with Crippen molar-refractivity contribution in [2.45, 2.75) is 33.3 Å². The molecule has 0 radical (unpaired) electrons. The number of carbonyl (C=O) groups is 1. The highest BCUT2D eigenvalue weighted by Gasteiger charge is 2.19. The van der Waals surface area contributed by atoms with Crippen molar-refractivity contribution in [3.63, 3.8) is 0 Å². The van der Waals surface area contributed by atoms with Crippen LogP contribution in [0.1, 0.15) is 38.2 Å². The van der Waals surface area contributed by atoms with E-state index in [0.29, 0.717) is 12.3 Å². The number of benzene rings is 1. The molecule has 0 unspecified atom stereocenters. The Morgan fingerprint density at radius 1 is 1.19 bits per heavy atom. The normalized spacial score (nSPS) is 11.2. The van der Waals surface area contributed by atoms with Crippen molar-refractivity contribution in [2.75, 3.05) is 6.61 Å². The van der Waals surface area contributed by atoms with E-state index in [9.17, 15) is 4.79 Å². The molecule has 1 N–H and O–H groups in total. The number of H-pyrrole nitrogens is 1. The predicted octanol–water partition coefficient (Wildman–Crippen LogP) is 2.83. The van der Waals surface area contributed by atoms with E-state index >= 15 is 0 Å². The summed E-state index contributed by atoms with van der Waals surface area (Å²) in [6.07, 6.45) is 0. The Labute approximate surface area is 123 Å². The molecule has 0 saturated heterocycles. The van der Waals surface area contributed by atoms with Crippen LogP contribution in [-0.2, 0) is 4.74 Å². The lowest BCUT2D eigenvalue weighted by molar-refractivity contribution is 0.0520. The van der Waals surface area contributed by atoms with Gasteiger partial charge in [-0.05, 0) is 52.0 Å². The highest BCUT2D eigenvalue weighted by atomic mass is 16.5. The minimum absolute atomic E-state index is 0.182. The summed E-state index contributed by atoms with van der Waals surface area (Å²) in [6, 6.07) is 7.34. The fourth-order valence-electron chi connectivity index (χ4n) is 1.81. The smallest absolute Gasteiger partial charge is 0.361 e. The van der Waals surface area contributed by atoms with Crippen LogP contribution < -0.4 is 4.74 Å². The maximum atomic E-state index is 11.8. The summed E-state index contributed by atoms with van der Waals surface area (Å²) in [7, 11) is 0. The SMILES string of the molecule is CCOC(=O)c1n[nH]nc1-c1ccc(OC(C)(C)C)cc1. The molecular weight excluding hydrogens is 270 g/mol. The van der Waals surface area contributed by atoms with Crippen LogP contribution in [-0.4, -0.2) is 33.6 Å². The van der Waals surface area contributed by atoms with Gasteiger partial charge in [-0.15, -0.1) is 5.10 Å². The molecule has 0 spiro atoms. The fraction of sp³-hybridized carbons (Fsp3) is 0.400. The number of ether oxygens (including phenoxy) is 2. The molecule has 6 nitrogen and oxygen atoms in total. The number of nitrogens with zero attached hydrogens (tertiary/aromatic N) is 2. The Hall–Kier alpha value is -2.37. The summed E-state index contributed by atoms with van der Waals surface area (Å²) in [5.41, 5.74) is 1.16. The monoisotopic (exact) mass is 289 g/mol. The summed E-state index contributed by atoms with van der Waals surface area (Å²) in [5.74, 6) is 0.267. The molecule has 2 rings (SSSR count). The Morgan fingerprint density at radius 3 is 2.43 bits per heavy atom. The van der Waals surface area contributed by atoms with Gasteiger partial charge in [0.1, 0.15) is 17.0 Å². The third-order valence-electron chi connectivity index (χ3n) is 2.57. The molecule has 0 saturated carbocycles. The molecule has 21 heavy (non-hydrogen) atoms. The maximum Gasteiger partial charge on any atom is 0.361 e. The van der Waals surface area contributed by atoms with Gasteiger partial charge in [0, 0.05) is 5.56 Å². The zero-order valence-corrected chi connectivity index (χ0v) is 12.6. The number of hydrogen-bond donors (Lipinski definition) is 1. The molecule has 1 heterocycles. The quantitative estimate of drug-likeness (QED) is 0.876. The summed E-state index contributed by atoms with van der Waals surface area (Å²) in [6.45, 7) is 7.99. The van der Waals surface area contributed by atoms with Gasteiger partial charge >= 0.3 is 5.97 Å². The van der Waals surface area contributed by atoms with E-state index in [-0.39, 0.29) is 11.3 Å². The van der Waals surface area contributed by atoms with Gasteiger partial charge in [0.2, 0.25) is 0 Å². The Morgan fingerprint density at radius 2 is 1.86 bits per heavy atom. The lowest BCUT2D eigenvalue weighted by Crippen LogP contribution is -2.22. The fourth-order valence-corrected chi connectivity index (χ4v) is 1.81. The second kappa shape index (κ2) is 5.95. The summed E-state index contributed by atoms with van der Waals surface area (Å²) >= 11 is 0. The van der Waals surface area contributed by atoms with Crippen LogP contribution in [0.3, 0.4) is 0 Å². The van der Waals surface area contributed by atoms with Crippen molar-refractivity contribution >= 4 is 5.97 Å². The van der Waals surface area contributed by atoms with Gasteiger partial charge in [0.25, 0.3) is 0 Å². The number of nitrogens with one attached hydrogen (secondary N) is 1. The molecule has 0 aliphatic rings. The minimum Gasteiger partial charge on any atom is -0.488 e. The average molecular weight is 289 g/mol. The molecule has 1 aromatic carbocycles. The first kappa shape index (κ1) is 15.0. The first-order valence-electron chi connectivity index (χ1n) is 6.78. The number of hydrogen-bond acceptors (Lipinski definition) is 5. The van der Waals surface area contributed by atoms with Gasteiger partial charge in [-0.25, -0.2) is 4.79 Å². The molecule has 0 fully saturated rings. The third-order valence-corrected chi connectivity index (χ3v) is 2.57. The van der Waals surface area contributed by atoms with Gasteiger partial charge < -0.3 is 9.47 Å². The maximum absolute atomic E-state index is 11.8. The molecule has 6 heteroatoms. The van der Waals surface area contributed by atoms with Gasteiger partial charge in [0.15, 0.2) is 5.69 Å². The van der Waals surface area contributed by atoms with E-state index in [1.165, 1.54) is 0 Å². The Balaban J connectivity index is 2.24. The highest BCUT2D eigenvalue weighted by molar-refractivity contribution is 5.93. The lowest BCUT2D eigenvalue weighted by Gasteiger charge is -2.21. The van der Waals surface area contributed by atoms with Crippen LogP contribution in [0.2, 0.25) is 0 Å². The van der Waals surface area contributed by atoms with Crippen LogP contribution in [0.5, 0.6) is 5.75 Å². The van der Waals surface area contributed by atoms with Crippen molar-refractivity contribution < 1.29 is 14.3 Å². The molecule has 112 valence electrons. The summed E-state index contributed by atoms with van der Waals surface area (Å²) in [5, 5.41) is 10.3. The number of aromatic nitrogens is 3. The van der Waals surface area contributed by atoms with Crippen LogP contribution in [0.4, 0.5) is 0 Å². The zero-order valence-electron chi connectivity index (χ0n) is 12.6. The predicted molar refractivity (Wildman–Crippen MR) is 78.2 cm³/mol. The van der Waals surface area contributed by atoms with E-state index in [0.717, 1.165) is 11.3 Å². The van der Waals surface area contributed by atoms with Gasteiger partial charge in [-0.1, -0.05) is 0 Å². The standard InChI is InChI=1S/C15H19N3O3/c1-5-20-14(19)13-12(16-18-17-13)10-6-8-11(9-7-10)21-15(2,3)4/h6-9H,5H2,1-4H3,(H,16,17,18). The van der Waals surface area contributed by atoms with Crippen molar-refractivity contribution in [2.24, 2.45) is 0 Å². The molecule has 2 aromatic rings. The van der Waals surface area contributed by atoms with Gasteiger partial charge in [-0.2, -0.15) is 10.3 Å². The van der Waals surface area contributed by atoms with Crippen LogP contribution in [0.15, 0.2) is 24.3 Å². The largest absolute Gasteiger partial charge is 0.488 e. The van der Waals surface area contributed by atoms with Crippen LogP contribution in [0, 0.1) is 0 Å². The zero-order chi connectivity index (χ0) is 15.5. The molecule has 0 aliphatic carbocycles. The summed E-state index contributed by atoms with van der Waals surface area (Å²) < 4.78 is 10.7. The van der Waals surface area contributed by atoms with Crippen molar-refractivity contribution in [3.05, 3.63) is 30.0 Å². The van der Waals surface area contributed by atoms with E-state index in [1.54, 1.807) is 6.92 Å². The second-order valence-electron chi connectivity index (χ2n) is 5.48. The molecule has 0 atom stereocenters. The molecule has 0 bridgehead atoms. The Kier molecular flexibility index (Phi) is 4.26. The van der Waals surface area contributed by atoms with E-state index < -0.39 is 5.97 Å². The molecule has 1 aromatic heterocycles. The van der Waals surface area contributed by atoms with Crippen molar-refractivity contribution in [3.8, 4) is 17.0 Å². The lowest BCUT2D eigenvalue weighted by atomic mass is 10.1. The first-order valence-corrected chi connectivity index (χ1v) is 6.78. The van der Waals surface area contributed by atoms with Crippen molar-refractivity contribution in [1.82, 2.24) is 15.4 Å². The van der Waals surface area contributed by atoms with Gasteiger partial charge in [0.05, 0.1) is 6.61 Å². The number of carbonyl (C=O) groups excluding carboxylic acids is 1. The average Bonchev–Trinajstić information content (AvgIpc) is 2.87. The number of rotatable bonds is 4. The molecular formula is C15H19N3O3. The molecule has 0 amide bonds. The highest BCUT2D eigenvalue weighted by Crippen LogP contribution is 2.25. The van der Waals surface area contributed by atoms with Crippen molar-refractivity contribution in [1.29, 1.82) is 0 Å². The van der Waals surface area contributed by atoms with Gasteiger partial charge in [-0.3, -0.25) is 0 Å². The van der Waals surface area contributed by atoms with Crippen LogP contribution in [0.25, 0.3) is 11.3 Å². The summed E-state index contributed by atoms with van der Waals surface area (Å²) in [4.78, 5) is 11.8.